The molecule has 1 aromatic rings. The van der Waals surface area contributed by atoms with E-state index in [9.17, 15) is 26.3 Å². The fraction of sp³-hybridized carbons (Fsp3) is 0.400. The molecule has 0 amide bonds. The quantitative estimate of drug-likeness (QED) is 0.708. The lowest BCUT2D eigenvalue weighted by Gasteiger charge is -2.27. The molecular weight excluding hydrogens is 234 g/mol. The molecule has 0 nitrogen and oxygen atoms in total. The van der Waals surface area contributed by atoms with E-state index < -0.39 is 24.7 Å². The molecule has 90 valence electrons. The molecule has 0 aliphatic rings. The van der Waals surface area contributed by atoms with Crippen molar-refractivity contribution in [1.29, 1.82) is 0 Å². The molecule has 6 heteroatoms. The standard InChI is InChI=1S/C10H8F6/c11-8(12)9(13,10(14,15)16)6-7-4-2-1-3-5-7/h1-5,8H,6H2. The van der Waals surface area contributed by atoms with Gasteiger partial charge in [0.05, 0.1) is 0 Å². The minimum atomic E-state index is -5.59. The molecule has 1 aromatic carbocycles. The van der Waals surface area contributed by atoms with Crippen molar-refractivity contribution >= 4 is 0 Å². The number of halogens is 6. The first-order chi connectivity index (χ1) is 7.27. The summed E-state index contributed by atoms with van der Waals surface area (Å²) in [7, 11) is 0. The largest absolute Gasteiger partial charge is 0.428 e. The van der Waals surface area contributed by atoms with Gasteiger partial charge in [0.15, 0.2) is 0 Å². The van der Waals surface area contributed by atoms with Crippen LogP contribution in [0.3, 0.4) is 0 Å². The summed E-state index contributed by atoms with van der Waals surface area (Å²) in [5.41, 5.74) is -4.61. The topological polar surface area (TPSA) is 0 Å². The fourth-order valence-corrected chi connectivity index (χ4v) is 1.19. The van der Waals surface area contributed by atoms with E-state index in [1.165, 1.54) is 30.3 Å². The molecule has 1 atom stereocenters. The Morgan fingerprint density at radius 3 is 1.81 bits per heavy atom. The van der Waals surface area contributed by atoms with Crippen LogP contribution in [0.15, 0.2) is 30.3 Å². The maximum Gasteiger partial charge on any atom is 0.428 e. The van der Waals surface area contributed by atoms with Gasteiger partial charge in [0, 0.05) is 6.42 Å². The SMILES string of the molecule is FC(F)C(F)(Cc1ccccc1)C(F)(F)F. The summed E-state index contributed by atoms with van der Waals surface area (Å²) >= 11 is 0. The molecule has 0 heterocycles. The third-order valence-electron chi connectivity index (χ3n) is 2.12. The van der Waals surface area contributed by atoms with E-state index in [-0.39, 0.29) is 5.56 Å². The molecule has 0 aromatic heterocycles. The van der Waals surface area contributed by atoms with Crippen LogP contribution in [0.5, 0.6) is 0 Å². The van der Waals surface area contributed by atoms with Crippen molar-refractivity contribution in [2.75, 3.05) is 0 Å². The Morgan fingerprint density at radius 2 is 1.44 bits per heavy atom. The Kier molecular flexibility index (Phi) is 3.50. The predicted octanol–water partition coefficient (Wildman–Crippen LogP) is 3.76. The van der Waals surface area contributed by atoms with Crippen LogP contribution in [0.25, 0.3) is 0 Å². The van der Waals surface area contributed by atoms with Crippen molar-refractivity contribution in [3.63, 3.8) is 0 Å². The average molecular weight is 242 g/mol. The fourth-order valence-electron chi connectivity index (χ4n) is 1.19. The van der Waals surface area contributed by atoms with Gasteiger partial charge >= 0.3 is 6.18 Å². The molecule has 0 aliphatic carbocycles. The lowest BCUT2D eigenvalue weighted by molar-refractivity contribution is -0.267. The van der Waals surface area contributed by atoms with E-state index in [1.54, 1.807) is 0 Å². The van der Waals surface area contributed by atoms with Gasteiger partial charge in [-0.05, 0) is 5.56 Å². The molecule has 16 heavy (non-hydrogen) atoms. The lowest BCUT2D eigenvalue weighted by Crippen LogP contribution is -2.49. The number of benzene rings is 1. The van der Waals surface area contributed by atoms with Crippen molar-refractivity contribution in [2.45, 2.75) is 24.7 Å². The second-order valence-electron chi connectivity index (χ2n) is 3.32. The summed E-state index contributed by atoms with van der Waals surface area (Å²) in [6, 6.07) is 6.56. The highest BCUT2D eigenvalue weighted by atomic mass is 19.4. The summed E-state index contributed by atoms with van der Waals surface area (Å²) in [5, 5.41) is 0. The first-order valence-electron chi connectivity index (χ1n) is 4.35. The smallest absolute Gasteiger partial charge is 0.227 e. The summed E-state index contributed by atoms with van der Waals surface area (Å²) < 4.78 is 74.1. The Bertz CT molecular complexity index is 331. The maximum atomic E-state index is 13.2. The Balaban J connectivity index is 2.98. The highest BCUT2D eigenvalue weighted by Gasteiger charge is 2.62. The molecule has 0 saturated heterocycles. The summed E-state index contributed by atoms with van der Waals surface area (Å²) in [6.07, 6.45) is -11.1. The molecule has 0 aliphatic heterocycles. The van der Waals surface area contributed by atoms with Gasteiger partial charge in [0.25, 0.3) is 12.1 Å². The van der Waals surface area contributed by atoms with Gasteiger partial charge in [-0.3, -0.25) is 0 Å². The van der Waals surface area contributed by atoms with Crippen LogP contribution in [0.2, 0.25) is 0 Å². The third kappa shape index (κ3) is 2.48. The molecule has 1 rings (SSSR count). The molecule has 0 N–H and O–H groups in total. The van der Waals surface area contributed by atoms with E-state index in [0.29, 0.717) is 0 Å². The molecule has 0 saturated carbocycles. The second-order valence-corrected chi connectivity index (χ2v) is 3.32. The van der Waals surface area contributed by atoms with Crippen molar-refractivity contribution < 1.29 is 26.3 Å². The minimum Gasteiger partial charge on any atom is -0.227 e. The van der Waals surface area contributed by atoms with Crippen LogP contribution in [0, 0.1) is 0 Å². The number of rotatable bonds is 3. The molecule has 0 fully saturated rings. The van der Waals surface area contributed by atoms with Crippen molar-refractivity contribution in [3.05, 3.63) is 35.9 Å². The van der Waals surface area contributed by atoms with E-state index >= 15 is 0 Å². The molecule has 0 radical (unpaired) electrons. The van der Waals surface area contributed by atoms with E-state index in [1.807, 2.05) is 0 Å². The van der Waals surface area contributed by atoms with Gasteiger partial charge in [-0.25, -0.2) is 13.2 Å². The molecule has 0 bridgehead atoms. The van der Waals surface area contributed by atoms with Crippen molar-refractivity contribution in [2.24, 2.45) is 0 Å². The van der Waals surface area contributed by atoms with E-state index in [2.05, 4.69) is 0 Å². The zero-order valence-electron chi connectivity index (χ0n) is 7.94. The first kappa shape index (κ1) is 12.9. The molecular formula is C10H8F6. The monoisotopic (exact) mass is 242 g/mol. The van der Waals surface area contributed by atoms with Crippen LogP contribution in [0.1, 0.15) is 5.56 Å². The highest BCUT2D eigenvalue weighted by molar-refractivity contribution is 5.18. The number of hydrogen-bond acceptors (Lipinski definition) is 0. The summed E-state index contributed by atoms with van der Waals surface area (Å²) in [6.45, 7) is 0. The number of alkyl halides is 6. The average Bonchev–Trinajstić information content (AvgIpc) is 2.17. The molecule has 0 spiro atoms. The van der Waals surface area contributed by atoms with Crippen LogP contribution < -0.4 is 0 Å². The maximum absolute atomic E-state index is 13.2. The Morgan fingerprint density at radius 1 is 0.938 bits per heavy atom. The van der Waals surface area contributed by atoms with Crippen LogP contribution in [0.4, 0.5) is 26.3 Å². The minimum absolute atomic E-state index is 0.123. The van der Waals surface area contributed by atoms with Gasteiger partial charge in [0.2, 0.25) is 0 Å². The number of hydrogen-bond donors (Lipinski definition) is 0. The predicted molar refractivity (Wildman–Crippen MR) is 46.0 cm³/mol. The Hall–Kier alpha value is -1.20. The normalized spacial score (nSPS) is 16.2. The van der Waals surface area contributed by atoms with E-state index in [4.69, 9.17) is 0 Å². The van der Waals surface area contributed by atoms with Gasteiger partial charge in [-0.15, -0.1) is 0 Å². The zero-order valence-corrected chi connectivity index (χ0v) is 7.94. The van der Waals surface area contributed by atoms with E-state index in [0.717, 1.165) is 0 Å². The first-order valence-corrected chi connectivity index (χ1v) is 4.35. The van der Waals surface area contributed by atoms with Gasteiger partial charge in [0.1, 0.15) is 0 Å². The van der Waals surface area contributed by atoms with Crippen molar-refractivity contribution in [3.8, 4) is 0 Å². The van der Waals surface area contributed by atoms with Gasteiger partial charge in [-0.2, -0.15) is 13.2 Å². The van der Waals surface area contributed by atoms with Crippen LogP contribution >= 0.6 is 0 Å². The van der Waals surface area contributed by atoms with Gasteiger partial charge < -0.3 is 0 Å². The highest BCUT2D eigenvalue weighted by Crippen LogP contribution is 2.41. The zero-order chi connectivity index (χ0) is 12.4. The lowest BCUT2D eigenvalue weighted by atomic mass is 9.96. The Labute approximate surface area is 87.9 Å². The second kappa shape index (κ2) is 4.35. The third-order valence-corrected chi connectivity index (χ3v) is 2.12. The molecule has 1 unspecified atom stereocenters. The summed E-state index contributed by atoms with van der Waals surface area (Å²) in [4.78, 5) is 0. The van der Waals surface area contributed by atoms with Crippen LogP contribution in [-0.4, -0.2) is 18.3 Å². The van der Waals surface area contributed by atoms with Crippen LogP contribution in [-0.2, 0) is 6.42 Å². The summed E-state index contributed by atoms with van der Waals surface area (Å²) in [5.74, 6) is 0. The van der Waals surface area contributed by atoms with Crippen molar-refractivity contribution in [1.82, 2.24) is 0 Å². The van der Waals surface area contributed by atoms with Gasteiger partial charge in [-0.1, -0.05) is 30.3 Å².